The molecule has 0 aliphatic heterocycles. The number of rotatable bonds is 5. The zero-order valence-electron chi connectivity index (χ0n) is 16.3. The lowest BCUT2D eigenvalue weighted by atomic mass is 9.99. The third-order valence-corrected chi connectivity index (χ3v) is 4.65. The number of halogens is 3. The molecule has 0 saturated heterocycles. The Bertz CT molecular complexity index is 1270. The number of aromatic nitrogens is 1. The lowest BCUT2D eigenvalue weighted by molar-refractivity contribution is -0.275. The van der Waals surface area contributed by atoms with Crippen LogP contribution in [0, 0.1) is 0 Å². The molecule has 10 heteroatoms. The van der Waals surface area contributed by atoms with Crippen LogP contribution < -0.4 is 15.8 Å². The van der Waals surface area contributed by atoms with Crippen LogP contribution in [0.5, 0.6) is 5.75 Å². The van der Waals surface area contributed by atoms with Crippen molar-refractivity contribution in [3.8, 4) is 16.9 Å². The van der Waals surface area contributed by atoms with Crippen molar-refractivity contribution < 1.29 is 32.3 Å². The maximum atomic E-state index is 12.9. The average Bonchev–Trinajstić information content (AvgIpc) is 3.13. The number of hydrogen-bond donors (Lipinski definition) is 3. The van der Waals surface area contributed by atoms with Crippen molar-refractivity contribution in [3.63, 3.8) is 0 Å². The van der Waals surface area contributed by atoms with E-state index in [4.69, 9.17) is 10.3 Å². The number of nitrogens with one attached hydrogen (secondary N) is 1. The Balaban J connectivity index is 1.65. The van der Waals surface area contributed by atoms with Gasteiger partial charge in [-0.1, -0.05) is 41.6 Å². The molecule has 164 valence electrons. The quantitative estimate of drug-likeness (QED) is 0.414. The van der Waals surface area contributed by atoms with Gasteiger partial charge in [0.15, 0.2) is 17.5 Å². The Labute approximate surface area is 179 Å². The molecule has 32 heavy (non-hydrogen) atoms. The molecule has 0 saturated carbocycles. The SMILES string of the molecule is Nc1noc2cc(NC(=O)C(O)c3cc(-c4ccccc4)ccc3OC(F)(F)F)ccc12. The Kier molecular flexibility index (Phi) is 5.45. The fraction of sp³-hybridized carbons (Fsp3) is 0.0909. The van der Waals surface area contributed by atoms with Crippen LogP contribution in [0.3, 0.4) is 0 Å². The Morgan fingerprint density at radius 3 is 2.53 bits per heavy atom. The molecule has 1 unspecified atom stereocenters. The van der Waals surface area contributed by atoms with Crippen LogP contribution in [0.1, 0.15) is 11.7 Å². The van der Waals surface area contributed by atoms with E-state index in [9.17, 15) is 23.1 Å². The second kappa shape index (κ2) is 8.23. The zero-order chi connectivity index (χ0) is 22.9. The van der Waals surface area contributed by atoms with Gasteiger partial charge >= 0.3 is 6.36 Å². The Morgan fingerprint density at radius 2 is 1.81 bits per heavy atom. The molecule has 1 aromatic heterocycles. The molecular formula is C22H16F3N3O4. The number of ether oxygens (including phenoxy) is 1. The van der Waals surface area contributed by atoms with E-state index in [1.807, 2.05) is 0 Å². The topological polar surface area (TPSA) is 111 Å². The summed E-state index contributed by atoms with van der Waals surface area (Å²) in [6.07, 6.45) is -6.96. The third kappa shape index (κ3) is 4.49. The van der Waals surface area contributed by atoms with Gasteiger partial charge in [0.1, 0.15) is 5.75 Å². The summed E-state index contributed by atoms with van der Waals surface area (Å²) in [6.45, 7) is 0. The van der Waals surface area contributed by atoms with Gasteiger partial charge < -0.3 is 25.4 Å². The van der Waals surface area contributed by atoms with Crippen LogP contribution in [-0.2, 0) is 4.79 Å². The van der Waals surface area contributed by atoms with Crippen molar-refractivity contribution >= 4 is 28.4 Å². The Morgan fingerprint density at radius 1 is 1.06 bits per heavy atom. The Hall–Kier alpha value is -4.05. The fourth-order valence-electron chi connectivity index (χ4n) is 3.18. The summed E-state index contributed by atoms with van der Waals surface area (Å²) in [5.41, 5.74) is 7.02. The van der Waals surface area contributed by atoms with Crippen molar-refractivity contribution in [1.82, 2.24) is 5.16 Å². The first kappa shape index (κ1) is 21.2. The summed E-state index contributed by atoms with van der Waals surface area (Å²) < 4.78 is 47.7. The molecule has 1 amide bonds. The lowest BCUT2D eigenvalue weighted by Crippen LogP contribution is -2.23. The van der Waals surface area contributed by atoms with E-state index in [1.54, 1.807) is 36.4 Å². The number of aliphatic hydroxyl groups is 1. The number of carbonyl (C=O) groups excluding carboxylic acids is 1. The van der Waals surface area contributed by atoms with Gasteiger partial charge in [0.25, 0.3) is 5.91 Å². The summed E-state index contributed by atoms with van der Waals surface area (Å²) in [5.74, 6) is -1.48. The van der Waals surface area contributed by atoms with Gasteiger partial charge in [-0.25, -0.2) is 0 Å². The summed E-state index contributed by atoms with van der Waals surface area (Å²) in [7, 11) is 0. The second-order valence-corrected chi connectivity index (χ2v) is 6.84. The molecular weight excluding hydrogens is 427 g/mol. The molecule has 4 rings (SSSR count). The van der Waals surface area contributed by atoms with Crippen molar-refractivity contribution in [2.45, 2.75) is 12.5 Å². The van der Waals surface area contributed by atoms with E-state index in [-0.39, 0.29) is 17.1 Å². The minimum Gasteiger partial charge on any atom is -0.405 e. The third-order valence-electron chi connectivity index (χ3n) is 4.65. The zero-order valence-corrected chi connectivity index (χ0v) is 16.3. The van der Waals surface area contributed by atoms with E-state index < -0.39 is 24.1 Å². The average molecular weight is 443 g/mol. The predicted octanol–water partition coefficient (Wildman–Crippen LogP) is 4.65. The number of amides is 1. The molecule has 1 atom stereocenters. The van der Waals surface area contributed by atoms with Gasteiger partial charge in [-0.2, -0.15) is 0 Å². The molecule has 4 aromatic rings. The molecule has 0 bridgehead atoms. The number of alkyl halides is 3. The number of anilines is 2. The first-order valence-corrected chi connectivity index (χ1v) is 9.30. The number of aliphatic hydroxyl groups excluding tert-OH is 1. The van der Waals surface area contributed by atoms with E-state index in [2.05, 4.69) is 15.2 Å². The molecule has 0 fully saturated rings. The maximum Gasteiger partial charge on any atom is 0.573 e. The number of benzene rings is 3. The second-order valence-electron chi connectivity index (χ2n) is 6.84. The highest BCUT2D eigenvalue weighted by Gasteiger charge is 2.34. The molecule has 0 radical (unpaired) electrons. The molecule has 7 nitrogen and oxygen atoms in total. The largest absolute Gasteiger partial charge is 0.573 e. The van der Waals surface area contributed by atoms with Crippen LogP contribution in [0.15, 0.2) is 71.3 Å². The summed E-state index contributed by atoms with van der Waals surface area (Å²) in [6, 6.07) is 17.0. The number of nitrogen functional groups attached to an aromatic ring is 1. The van der Waals surface area contributed by atoms with E-state index in [0.717, 1.165) is 6.07 Å². The predicted molar refractivity (Wildman–Crippen MR) is 111 cm³/mol. The van der Waals surface area contributed by atoms with Crippen molar-refractivity contribution in [1.29, 1.82) is 0 Å². The molecule has 4 N–H and O–H groups in total. The minimum atomic E-state index is -5.00. The maximum absolute atomic E-state index is 12.9. The molecule has 1 heterocycles. The van der Waals surface area contributed by atoms with Crippen molar-refractivity contribution in [2.24, 2.45) is 0 Å². The van der Waals surface area contributed by atoms with E-state index in [0.29, 0.717) is 22.1 Å². The number of hydrogen-bond acceptors (Lipinski definition) is 6. The van der Waals surface area contributed by atoms with Gasteiger partial charge in [0, 0.05) is 17.3 Å². The summed E-state index contributed by atoms with van der Waals surface area (Å²) >= 11 is 0. The lowest BCUT2D eigenvalue weighted by Gasteiger charge is -2.18. The van der Waals surface area contributed by atoms with E-state index >= 15 is 0 Å². The minimum absolute atomic E-state index is 0.171. The van der Waals surface area contributed by atoms with Gasteiger partial charge in [-0.15, -0.1) is 13.2 Å². The van der Waals surface area contributed by atoms with Gasteiger partial charge in [0.05, 0.1) is 5.39 Å². The standard InChI is InChI=1S/C22H16F3N3O4/c23-22(24,25)31-17-9-6-13(12-4-2-1-3-5-12)10-16(17)19(29)21(30)27-14-7-8-15-18(11-14)32-28-20(15)26/h1-11,19,29H,(H2,26,28)(H,27,30). The smallest absolute Gasteiger partial charge is 0.405 e. The highest BCUT2D eigenvalue weighted by Crippen LogP contribution is 2.35. The number of fused-ring (bicyclic) bond motifs is 1. The molecule has 3 aromatic carbocycles. The van der Waals surface area contributed by atoms with Crippen LogP contribution in [0.4, 0.5) is 24.7 Å². The van der Waals surface area contributed by atoms with Gasteiger partial charge in [-0.3, -0.25) is 4.79 Å². The van der Waals surface area contributed by atoms with Crippen LogP contribution in [-0.4, -0.2) is 22.5 Å². The van der Waals surface area contributed by atoms with Crippen LogP contribution in [0.25, 0.3) is 22.1 Å². The molecule has 0 aliphatic carbocycles. The monoisotopic (exact) mass is 443 g/mol. The number of carbonyl (C=O) groups is 1. The van der Waals surface area contributed by atoms with Gasteiger partial charge in [0.2, 0.25) is 0 Å². The van der Waals surface area contributed by atoms with Crippen molar-refractivity contribution in [3.05, 3.63) is 72.3 Å². The first-order chi connectivity index (χ1) is 15.2. The van der Waals surface area contributed by atoms with Crippen LogP contribution >= 0.6 is 0 Å². The first-order valence-electron chi connectivity index (χ1n) is 9.30. The van der Waals surface area contributed by atoms with Crippen molar-refractivity contribution in [2.75, 3.05) is 11.1 Å². The summed E-state index contributed by atoms with van der Waals surface area (Å²) in [5, 5.41) is 17.2. The fourth-order valence-corrected chi connectivity index (χ4v) is 3.18. The summed E-state index contributed by atoms with van der Waals surface area (Å²) in [4.78, 5) is 12.7. The molecule has 0 spiro atoms. The molecule has 0 aliphatic rings. The van der Waals surface area contributed by atoms with E-state index in [1.165, 1.54) is 24.3 Å². The van der Waals surface area contributed by atoms with Gasteiger partial charge in [-0.05, 0) is 35.4 Å². The van der Waals surface area contributed by atoms with Crippen LogP contribution in [0.2, 0.25) is 0 Å². The normalized spacial score (nSPS) is 12.5. The number of nitrogens with two attached hydrogens (primary N) is 1. The highest BCUT2D eigenvalue weighted by molar-refractivity contribution is 5.98. The highest BCUT2D eigenvalue weighted by atomic mass is 19.4. The number of nitrogens with zero attached hydrogens (tertiary/aromatic N) is 1.